The Labute approximate surface area is 180 Å². The highest BCUT2D eigenvalue weighted by Gasteiger charge is 2.15. The Kier molecular flexibility index (Phi) is 5.19. The zero-order valence-corrected chi connectivity index (χ0v) is 17.2. The average molecular weight is 413 g/mol. The molecule has 0 unspecified atom stereocenters. The predicted molar refractivity (Wildman–Crippen MR) is 120 cm³/mol. The molecule has 1 aliphatic rings. The number of benzene rings is 2. The van der Waals surface area contributed by atoms with Gasteiger partial charge in [0.2, 0.25) is 5.95 Å². The van der Waals surface area contributed by atoms with Gasteiger partial charge in [-0.05, 0) is 59.5 Å². The number of nitrogens with one attached hydrogen (secondary N) is 2. The fourth-order valence-corrected chi connectivity index (χ4v) is 3.89. The van der Waals surface area contributed by atoms with E-state index in [4.69, 9.17) is 9.72 Å². The van der Waals surface area contributed by atoms with Gasteiger partial charge >= 0.3 is 0 Å². The van der Waals surface area contributed by atoms with Gasteiger partial charge in [0.05, 0.1) is 24.9 Å². The highest BCUT2D eigenvalue weighted by molar-refractivity contribution is 5.84. The van der Waals surface area contributed by atoms with Crippen LogP contribution in [0.4, 0.5) is 11.6 Å². The van der Waals surface area contributed by atoms with Crippen LogP contribution in [0.2, 0.25) is 0 Å². The summed E-state index contributed by atoms with van der Waals surface area (Å²) in [5, 5.41) is 17.1. The molecule has 0 fully saturated rings. The van der Waals surface area contributed by atoms with Gasteiger partial charge in [0, 0.05) is 36.1 Å². The number of aromatic nitrogens is 3. The number of rotatable bonds is 5. The summed E-state index contributed by atoms with van der Waals surface area (Å²) in [7, 11) is 1.68. The third kappa shape index (κ3) is 3.93. The molecule has 0 atom stereocenters. The molecule has 0 spiro atoms. The van der Waals surface area contributed by atoms with Crippen molar-refractivity contribution in [2.75, 3.05) is 19.0 Å². The van der Waals surface area contributed by atoms with E-state index in [9.17, 15) is 5.11 Å². The summed E-state index contributed by atoms with van der Waals surface area (Å²) in [6.07, 6.45) is 6.25. The molecule has 156 valence electrons. The third-order valence-corrected chi connectivity index (χ3v) is 5.55. The van der Waals surface area contributed by atoms with Crippen molar-refractivity contribution in [2.24, 2.45) is 0 Å². The van der Waals surface area contributed by atoms with Gasteiger partial charge in [0.15, 0.2) is 0 Å². The molecule has 3 heterocycles. The molecule has 31 heavy (non-hydrogen) atoms. The molecule has 4 aromatic rings. The molecule has 7 nitrogen and oxygen atoms in total. The van der Waals surface area contributed by atoms with Crippen molar-refractivity contribution in [3.05, 3.63) is 71.7 Å². The maximum absolute atomic E-state index is 9.39. The SMILES string of the molecule is COc1cc2c(cc1Nc1ncc3ccc(-c4cncc(CO)c4)cc3n1)CNCC2. The number of aliphatic hydroxyl groups excluding tert-OH is 1. The summed E-state index contributed by atoms with van der Waals surface area (Å²) in [6, 6.07) is 12.1. The first kappa shape index (κ1) is 19.4. The zero-order valence-electron chi connectivity index (χ0n) is 17.2. The van der Waals surface area contributed by atoms with Crippen LogP contribution in [0.25, 0.3) is 22.0 Å². The Morgan fingerprint density at radius 1 is 1.06 bits per heavy atom. The first-order valence-corrected chi connectivity index (χ1v) is 10.2. The Morgan fingerprint density at radius 3 is 2.87 bits per heavy atom. The van der Waals surface area contributed by atoms with Crippen molar-refractivity contribution in [3.8, 4) is 16.9 Å². The van der Waals surface area contributed by atoms with Crippen LogP contribution >= 0.6 is 0 Å². The number of nitrogens with zero attached hydrogens (tertiary/aromatic N) is 3. The minimum atomic E-state index is -0.0389. The quantitative estimate of drug-likeness (QED) is 0.461. The van der Waals surface area contributed by atoms with Crippen LogP contribution in [0.5, 0.6) is 5.75 Å². The molecule has 1 aliphatic heterocycles. The lowest BCUT2D eigenvalue weighted by atomic mass is 10.00. The van der Waals surface area contributed by atoms with Crippen LogP contribution < -0.4 is 15.4 Å². The van der Waals surface area contributed by atoms with Crippen LogP contribution in [0, 0.1) is 0 Å². The first-order valence-electron chi connectivity index (χ1n) is 10.2. The summed E-state index contributed by atoms with van der Waals surface area (Å²) in [5.74, 6) is 1.29. The molecule has 0 saturated heterocycles. The second-order valence-electron chi connectivity index (χ2n) is 7.58. The molecule has 2 aromatic heterocycles. The fraction of sp³-hybridized carbons (Fsp3) is 0.208. The molecule has 0 aliphatic carbocycles. The van der Waals surface area contributed by atoms with E-state index in [0.717, 1.165) is 58.5 Å². The number of aliphatic hydroxyl groups is 1. The van der Waals surface area contributed by atoms with Crippen molar-refractivity contribution in [1.29, 1.82) is 0 Å². The van der Waals surface area contributed by atoms with Crippen LogP contribution in [-0.4, -0.2) is 33.7 Å². The van der Waals surface area contributed by atoms with E-state index in [1.165, 1.54) is 11.1 Å². The first-order chi connectivity index (χ1) is 15.2. The zero-order chi connectivity index (χ0) is 21.2. The van der Waals surface area contributed by atoms with Crippen molar-refractivity contribution in [2.45, 2.75) is 19.6 Å². The second-order valence-corrected chi connectivity index (χ2v) is 7.58. The van der Waals surface area contributed by atoms with Crippen LogP contribution in [0.15, 0.2) is 55.0 Å². The minimum absolute atomic E-state index is 0.0389. The Bertz CT molecular complexity index is 1260. The second kappa shape index (κ2) is 8.29. The van der Waals surface area contributed by atoms with E-state index in [-0.39, 0.29) is 6.61 Å². The average Bonchev–Trinajstić information content (AvgIpc) is 2.83. The highest BCUT2D eigenvalue weighted by Crippen LogP contribution is 2.32. The number of pyridine rings is 1. The van der Waals surface area contributed by atoms with Crippen LogP contribution in [0.3, 0.4) is 0 Å². The smallest absolute Gasteiger partial charge is 0.227 e. The molecule has 3 N–H and O–H groups in total. The standard InChI is InChI=1S/C24H23N5O2/c1-31-23-9-17-4-5-25-11-20(17)8-22(23)29-24-27-13-18-3-2-16(7-21(18)28-24)19-6-15(14-30)10-26-12-19/h2-3,6-10,12-13,25,30H,4-5,11,14H2,1H3,(H,27,28,29). The van der Waals surface area contributed by atoms with E-state index in [1.807, 2.05) is 30.5 Å². The largest absolute Gasteiger partial charge is 0.495 e. The molecule has 0 bridgehead atoms. The fourth-order valence-electron chi connectivity index (χ4n) is 3.89. The van der Waals surface area contributed by atoms with Gasteiger partial charge in [-0.2, -0.15) is 0 Å². The Hall–Kier alpha value is -3.55. The molecular formula is C24H23N5O2. The van der Waals surface area contributed by atoms with Crippen LogP contribution in [-0.2, 0) is 19.6 Å². The number of methoxy groups -OCH3 is 1. The number of hydrogen-bond acceptors (Lipinski definition) is 7. The molecule has 0 saturated carbocycles. The minimum Gasteiger partial charge on any atom is -0.495 e. The molecule has 0 radical (unpaired) electrons. The summed E-state index contributed by atoms with van der Waals surface area (Å²) < 4.78 is 5.60. The van der Waals surface area contributed by atoms with Gasteiger partial charge in [-0.25, -0.2) is 9.97 Å². The third-order valence-electron chi connectivity index (χ3n) is 5.55. The lowest BCUT2D eigenvalue weighted by Gasteiger charge is -2.20. The maximum atomic E-state index is 9.39. The summed E-state index contributed by atoms with van der Waals surface area (Å²) in [6.45, 7) is 1.79. The molecule has 2 aromatic carbocycles. The van der Waals surface area contributed by atoms with Crippen molar-refractivity contribution in [3.63, 3.8) is 0 Å². The summed E-state index contributed by atoms with van der Waals surface area (Å²) in [4.78, 5) is 13.4. The van der Waals surface area contributed by atoms with Crippen LogP contribution in [0.1, 0.15) is 16.7 Å². The van der Waals surface area contributed by atoms with Gasteiger partial charge in [-0.1, -0.05) is 12.1 Å². The normalized spacial score (nSPS) is 13.1. The van der Waals surface area contributed by atoms with Gasteiger partial charge in [-0.15, -0.1) is 0 Å². The lowest BCUT2D eigenvalue weighted by molar-refractivity contribution is 0.281. The number of ether oxygens (including phenoxy) is 1. The van der Waals surface area contributed by atoms with Crippen molar-refractivity contribution >= 4 is 22.5 Å². The van der Waals surface area contributed by atoms with E-state index in [1.54, 1.807) is 19.5 Å². The number of fused-ring (bicyclic) bond motifs is 2. The van der Waals surface area contributed by atoms with Gasteiger partial charge in [0.25, 0.3) is 0 Å². The van der Waals surface area contributed by atoms with Crippen molar-refractivity contribution in [1.82, 2.24) is 20.3 Å². The highest BCUT2D eigenvalue weighted by atomic mass is 16.5. The molecule has 0 amide bonds. The topological polar surface area (TPSA) is 92.2 Å². The number of hydrogen-bond donors (Lipinski definition) is 3. The molecule has 7 heteroatoms. The van der Waals surface area contributed by atoms with Gasteiger partial charge < -0.3 is 20.5 Å². The lowest BCUT2D eigenvalue weighted by Crippen LogP contribution is -2.23. The van der Waals surface area contributed by atoms with Gasteiger partial charge in [-0.3, -0.25) is 4.98 Å². The van der Waals surface area contributed by atoms with E-state index >= 15 is 0 Å². The number of anilines is 2. The van der Waals surface area contributed by atoms with Crippen molar-refractivity contribution < 1.29 is 9.84 Å². The van der Waals surface area contributed by atoms with E-state index in [0.29, 0.717) is 5.95 Å². The maximum Gasteiger partial charge on any atom is 0.227 e. The van der Waals surface area contributed by atoms with Gasteiger partial charge in [0.1, 0.15) is 5.75 Å². The molecule has 5 rings (SSSR count). The summed E-state index contributed by atoms with van der Waals surface area (Å²) in [5.41, 5.74) is 6.93. The predicted octanol–water partition coefficient (Wildman–Crippen LogP) is 3.58. The van der Waals surface area contributed by atoms with E-state index < -0.39 is 0 Å². The monoisotopic (exact) mass is 413 g/mol. The Balaban J connectivity index is 1.49. The summed E-state index contributed by atoms with van der Waals surface area (Å²) >= 11 is 0. The Morgan fingerprint density at radius 2 is 2.00 bits per heavy atom. The molecular weight excluding hydrogens is 390 g/mol. The van der Waals surface area contributed by atoms with E-state index in [2.05, 4.69) is 32.7 Å².